The van der Waals surface area contributed by atoms with Crippen LogP contribution in [0, 0.1) is 5.92 Å². The number of hydrogen-bond acceptors (Lipinski definition) is 3. The molecule has 0 radical (unpaired) electrons. The molecule has 1 aromatic rings. The highest BCUT2D eigenvalue weighted by molar-refractivity contribution is 6.00. The molecule has 1 fully saturated rings. The number of amides is 2. The van der Waals surface area contributed by atoms with E-state index in [9.17, 15) is 19.5 Å². The van der Waals surface area contributed by atoms with E-state index in [0.717, 1.165) is 12.8 Å². The van der Waals surface area contributed by atoms with Gasteiger partial charge in [0.15, 0.2) is 0 Å². The monoisotopic (exact) mass is 332 g/mol. The fraction of sp³-hybridized carbons (Fsp3) is 0.500. The summed E-state index contributed by atoms with van der Waals surface area (Å²) in [5, 5.41) is 12.3. The predicted molar refractivity (Wildman–Crippen MR) is 89.9 cm³/mol. The highest BCUT2D eigenvalue weighted by Crippen LogP contribution is 2.34. The van der Waals surface area contributed by atoms with Crippen molar-refractivity contribution in [1.82, 2.24) is 10.2 Å². The summed E-state index contributed by atoms with van der Waals surface area (Å²) in [7, 11) is 3.30. The molecule has 2 rings (SSSR count). The van der Waals surface area contributed by atoms with E-state index in [4.69, 9.17) is 0 Å². The zero-order valence-corrected chi connectivity index (χ0v) is 14.3. The standard InChI is InChI=1S/C18H24N2O4/c1-18(10-5-4-9-14(18)17(23)24)19-15(21)12-7-6-8-13(11-12)16(22)20(2)3/h6-8,11,14H,4-5,9-10H2,1-3H3,(H,19,21)(H,23,24). The highest BCUT2D eigenvalue weighted by Gasteiger charge is 2.42. The molecule has 130 valence electrons. The van der Waals surface area contributed by atoms with E-state index in [2.05, 4.69) is 5.32 Å². The maximum atomic E-state index is 12.6. The quantitative estimate of drug-likeness (QED) is 0.884. The lowest BCUT2D eigenvalue weighted by Gasteiger charge is -2.39. The fourth-order valence-electron chi connectivity index (χ4n) is 3.26. The molecule has 0 bridgehead atoms. The predicted octanol–water partition coefficient (Wildman–Crippen LogP) is 2.15. The third-order valence-electron chi connectivity index (χ3n) is 4.68. The number of hydrogen-bond donors (Lipinski definition) is 2. The number of aliphatic carboxylic acids is 1. The average molecular weight is 332 g/mol. The molecular weight excluding hydrogens is 308 g/mol. The first-order valence-electron chi connectivity index (χ1n) is 8.11. The van der Waals surface area contributed by atoms with E-state index in [1.165, 1.54) is 4.90 Å². The first-order chi connectivity index (χ1) is 11.2. The number of carboxylic acid groups (broad SMARTS) is 1. The van der Waals surface area contributed by atoms with E-state index >= 15 is 0 Å². The minimum Gasteiger partial charge on any atom is -0.481 e. The molecule has 1 aliphatic rings. The van der Waals surface area contributed by atoms with Crippen LogP contribution in [0.15, 0.2) is 24.3 Å². The molecule has 6 nitrogen and oxygen atoms in total. The van der Waals surface area contributed by atoms with Gasteiger partial charge < -0.3 is 15.3 Å². The second kappa shape index (κ2) is 7.03. The molecule has 0 aromatic heterocycles. The van der Waals surface area contributed by atoms with Crippen molar-refractivity contribution in [3.8, 4) is 0 Å². The Hall–Kier alpha value is -2.37. The Morgan fingerprint density at radius 3 is 2.50 bits per heavy atom. The van der Waals surface area contributed by atoms with E-state index in [1.54, 1.807) is 45.3 Å². The summed E-state index contributed by atoms with van der Waals surface area (Å²) in [6.07, 6.45) is 2.94. The van der Waals surface area contributed by atoms with Crippen molar-refractivity contribution >= 4 is 17.8 Å². The van der Waals surface area contributed by atoms with Gasteiger partial charge in [0.25, 0.3) is 11.8 Å². The zero-order chi connectivity index (χ0) is 17.9. The molecule has 2 N–H and O–H groups in total. The SMILES string of the molecule is CN(C)C(=O)c1cccc(C(=O)NC2(C)CCCCC2C(=O)O)c1. The molecule has 1 aliphatic carbocycles. The Bertz CT molecular complexity index is 656. The van der Waals surface area contributed by atoms with Gasteiger partial charge in [-0.25, -0.2) is 0 Å². The molecule has 0 heterocycles. The van der Waals surface area contributed by atoms with E-state index < -0.39 is 17.4 Å². The van der Waals surface area contributed by atoms with Crippen molar-refractivity contribution in [2.24, 2.45) is 5.92 Å². The number of benzene rings is 1. The van der Waals surface area contributed by atoms with Gasteiger partial charge >= 0.3 is 5.97 Å². The lowest BCUT2D eigenvalue weighted by atomic mass is 9.73. The number of carbonyl (C=O) groups is 3. The molecule has 2 atom stereocenters. The first-order valence-corrected chi connectivity index (χ1v) is 8.11. The smallest absolute Gasteiger partial charge is 0.308 e. The first kappa shape index (κ1) is 18.0. The molecule has 1 aromatic carbocycles. The third-order valence-corrected chi connectivity index (χ3v) is 4.68. The number of nitrogens with one attached hydrogen (secondary N) is 1. The van der Waals surface area contributed by atoms with Gasteiger partial charge in [0, 0.05) is 25.2 Å². The number of nitrogens with zero attached hydrogens (tertiary/aromatic N) is 1. The van der Waals surface area contributed by atoms with Crippen LogP contribution in [0.4, 0.5) is 0 Å². The van der Waals surface area contributed by atoms with Crippen LogP contribution in [0.2, 0.25) is 0 Å². The van der Waals surface area contributed by atoms with Gasteiger partial charge in [-0.1, -0.05) is 18.9 Å². The van der Waals surface area contributed by atoms with Crippen LogP contribution in [-0.2, 0) is 4.79 Å². The Kier molecular flexibility index (Phi) is 5.26. The molecule has 24 heavy (non-hydrogen) atoms. The van der Waals surface area contributed by atoms with E-state index in [-0.39, 0.29) is 11.8 Å². The lowest BCUT2D eigenvalue weighted by molar-refractivity contribution is -0.145. The summed E-state index contributed by atoms with van der Waals surface area (Å²) >= 11 is 0. The normalized spacial score (nSPS) is 23.4. The fourth-order valence-corrected chi connectivity index (χ4v) is 3.26. The minimum absolute atomic E-state index is 0.183. The van der Waals surface area contributed by atoms with E-state index in [0.29, 0.717) is 24.0 Å². The second-order valence-electron chi connectivity index (χ2n) is 6.79. The van der Waals surface area contributed by atoms with Crippen LogP contribution in [0.1, 0.15) is 53.3 Å². The summed E-state index contributed by atoms with van der Waals surface area (Å²) in [4.78, 5) is 37.6. The van der Waals surface area contributed by atoms with Crippen molar-refractivity contribution in [2.45, 2.75) is 38.1 Å². The molecule has 6 heteroatoms. The van der Waals surface area contributed by atoms with Crippen LogP contribution in [0.25, 0.3) is 0 Å². The average Bonchev–Trinajstić information content (AvgIpc) is 2.53. The topological polar surface area (TPSA) is 86.7 Å². The van der Waals surface area contributed by atoms with Gasteiger partial charge in [0.05, 0.1) is 11.5 Å². The van der Waals surface area contributed by atoms with Crippen LogP contribution in [-0.4, -0.2) is 47.4 Å². The molecule has 2 unspecified atom stereocenters. The molecular formula is C18H24N2O4. The van der Waals surface area contributed by atoms with Gasteiger partial charge in [-0.05, 0) is 38.0 Å². The summed E-state index contributed by atoms with van der Waals surface area (Å²) < 4.78 is 0. The molecule has 2 amide bonds. The van der Waals surface area contributed by atoms with Gasteiger partial charge in [-0.15, -0.1) is 0 Å². The van der Waals surface area contributed by atoms with Gasteiger partial charge in [0.1, 0.15) is 0 Å². The zero-order valence-electron chi connectivity index (χ0n) is 14.3. The summed E-state index contributed by atoms with van der Waals surface area (Å²) in [5.74, 6) is -2.01. The highest BCUT2D eigenvalue weighted by atomic mass is 16.4. The summed E-state index contributed by atoms with van der Waals surface area (Å²) in [6, 6.07) is 6.48. The Balaban J connectivity index is 2.21. The van der Waals surface area contributed by atoms with E-state index in [1.807, 2.05) is 0 Å². The van der Waals surface area contributed by atoms with Crippen LogP contribution >= 0.6 is 0 Å². The largest absolute Gasteiger partial charge is 0.481 e. The Morgan fingerprint density at radius 2 is 1.88 bits per heavy atom. The van der Waals surface area contributed by atoms with Crippen LogP contribution < -0.4 is 5.32 Å². The molecule has 0 aliphatic heterocycles. The lowest BCUT2D eigenvalue weighted by Crippen LogP contribution is -2.55. The van der Waals surface area contributed by atoms with Crippen LogP contribution in [0.3, 0.4) is 0 Å². The number of rotatable bonds is 4. The van der Waals surface area contributed by atoms with Crippen LogP contribution in [0.5, 0.6) is 0 Å². The number of carboxylic acids is 1. The second-order valence-corrected chi connectivity index (χ2v) is 6.79. The van der Waals surface area contributed by atoms with Crippen molar-refractivity contribution in [3.05, 3.63) is 35.4 Å². The molecule has 0 spiro atoms. The summed E-state index contributed by atoms with van der Waals surface area (Å²) in [5.41, 5.74) is 0.0118. The third kappa shape index (κ3) is 3.75. The minimum atomic E-state index is -0.881. The number of carbonyl (C=O) groups excluding carboxylic acids is 2. The van der Waals surface area contributed by atoms with Crippen molar-refractivity contribution in [1.29, 1.82) is 0 Å². The van der Waals surface area contributed by atoms with Gasteiger partial charge in [-0.2, -0.15) is 0 Å². The molecule has 1 saturated carbocycles. The maximum Gasteiger partial charge on any atom is 0.308 e. The van der Waals surface area contributed by atoms with Crippen molar-refractivity contribution in [3.63, 3.8) is 0 Å². The summed E-state index contributed by atoms with van der Waals surface area (Å²) in [6.45, 7) is 1.79. The Morgan fingerprint density at radius 1 is 1.21 bits per heavy atom. The van der Waals surface area contributed by atoms with Gasteiger partial charge in [0.2, 0.25) is 0 Å². The maximum absolute atomic E-state index is 12.6. The van der Waals surface area contributed by atoms with Gasteiger partial charge in [-0.3, -0.25) is 14.4 Å². The Labute approximate surface area is 141 Å². The van der Waals surface area contributed by atoms with Crippen molar-refractivity contribution < 1.29 is 19.5 Å². The molecule has 0 saturated heterocycles. The van der Waals surface area contributed by atoms with Crippen molar-refractivity contribution in [2.75, 3.05) is 14.1 Å².